The summed E-state index contributed by atoms with van der Waals surface area (Å²) in [4.78, 5) is 13.7. The van der Waals surface area contributed by atoms with Crippen LogP contribution in [0.4, 0.5) is 11.6 Å². The highest BCUT2D eigenvalue weighted by molar-refractivity contribution is 6.28. The number of hydrogen-bond acceptors (Lipinski definition) is 6. The molecule has 1 aromatic heterocycles. The molecule has 6 nitrogen and oxygen atoms in total. The van der Waals surface area contributed by atoms with Crippen LogP contribution in [0, 0.1) is 11.3 Å². The number of anilines is 2. The van der Waals surface area contributed by atoms with Gasteiger partial charge in [-0.2, -0.15) is 20.2 Å². The normalized spacial score (nSPS) is 9.79. The van der Waals surface area contributed by atoms with Crippen molar-refractivity contribution in [1.82, 2.24) is 15.0 Å². The third-order valence-electron chi connectivity index (χ3n) is 2.44. The Morgan fingerprint density at radius 2 is 1.89 bits per heavy atom. The van der Waals surface area contributed by atoms with Gasteiger partial charge in [0.2, 0.25) is 11.2 Å². The first kappa shape index (κ1) is 13.1. The first-order valence-electron chi connectivity index (χ1n) is 5.33. The van der Waals surface area contributed by atoms with Crippen LogP contribution >= 0.6 is 11.6 Å². The van der Waals surface area contributed by atoms with Crippen LogP contribution in [0.5, 0.6) is 6.01 Å². The molecule has 0 spiro atoms. The first-order chi connectivity index (χ1) is 9.13. The van der Waals surface area contributed by atoms with Gasteiger partial charge < -0.3 is 9.64 Å². The zero-order valence-electron chi connectivity index (χ0n) is 10.3. The Kier molecular flexibility index (Phi) is 3.78. The van der Waals surface area contributed by atoms with Crippen LogP contribution in [0.3, 0.4) is 0 Å². The lowest BCUT2D eigenvalue weighted by Gasteiger charge is -2.17. The van der Waals surface area contributed by atoms with Crippen molar-refractivity contribution in [3.8, 4) is 12.1 Å². The number of nitriles is 1. The van der Waals surface area contributed by atoms with E-state index in [2.05, 4.69) is 21.0 Å². The molecule has 0 aliphatic rings. The van der Waals surface area contributed by atoms with Gasteiger partial charge in [0.05, 0.1) is 18.7 Å². The van der Waals surface area contributed by atoms with Gasteiger partial charge in [-0.3, -0.25) is 0 Å². The van der Waals surface area contributed by atoms with Crippen molar-refractivity contribution in [1.29, 1.82) is 5.26 Å². The number of benzene rings is 1. The SMILES string of the molecule is COc1nc(Cl)nc(N(C)c2ccc(C#N)cc2)n1. The number of halogens is 1. The Morgan fingerprint density at radius 1 is 1.21 bits per heavy atom. The smallest absolute Gasteiger partial charge is 0.322 e. The van der Waals surface area contributed by atoms with Crippen molar-refractivity contribution in [2.24, 2.45) is 0 Å². The minimum absolute atomic E-state index is 0.0577. The van der Waals surface area contributed by atoms with E-state index in [1.165, 1.54) is 7.11 Å². The summed E-state index contributed by atoms with van der Waals surface area (Å²) in [7, 11) is 3.24. The van der Waals surface area contributed by atoms with Crippen molar-refractivity contribution in [2.75, 3.05) is 19.1 Å². The summed E-state index contributed by atoms with van der Waals surface area (Å²) in [5.74, 6) is 0.363. The first-order valence-corrected chi connectivity index (χ1v) is 5.71. The molecule has 1 heterocycles. The van der Waals surface area contributed by atoms with Gasteiger partial charge in [-0.1, -0.05) is 0 Å². The number of rotatable bonds is 3. The minimum Gasteiger partial charge on any atom is -0.467 e. The summed E-state index contributed by atoms with van der Waals surface area (Å²) in [5, 5.41) is 8.82. The van der Waals surface area contributed by atoms with Crippen molar-refractivity contribution in [2.45, 2.75) is 0 Å². The summed E-state index contributed by atoms with van der Waals surface area (Å²) in [6.45, 7) is 0. The van der Waals surface area contributed by atoms with E-state index in [0.717, 1.165) is 5.69 Å². The molecule has 0 atom stereocenters. The summed E-state index contributed by atoms with van der Waals surface area (Å²) in [5.41, 5.74) is 1.41. The molecule has 0 aliphatic heterocycles. The number of hydrogen-bond donors (Lipinski definition) is 0. The molecule has 0 bridgehead atoms. The fourth-order valence-electron chi connectivity index (χ4n) is 1.44. The predicted molar refractivity (Wildman–Crippen MR) is 70.6 cm³/mol. The van der Waals surface area contributed by atoms with Gasteiger partial charge in [0.25, 0.3) is 0 Å². The Balaban J connectivity index is 2.35. The van der Waals surface area contributed by atoms with Gasteiger partial charge in [0, 0.05) is 12.7 Å². The average Bonchev–Trinajstić information content (AvgIpc) is 2.46. The summed E-state index contributed by atoms with van der Waals surface area (Å²) < 4.78 is 4.94. The molecular formula is C12H10ClN5O. The van der Waals surface area contributed by atoms with E-state index >= 15 is 0 Å². The molecule has 0 saturated heterocycles. The largest absolute Gasteiger partial charge is 0.467 e. The average molecular weight is 276 g/mol. The third-order valence-corrected chi connectivity index (χ3v) is 2.61. The van der Waals surface area contributed by atoms with Gasteiger partial charge in [-0.25, -0.2) is 0 Å². The van der Waals surface area contributed by atoms with E-state index < -0.39 is 0 Å². The second-order valence-electron chi connectivity index (χ2n) is 3.61. The Bertz CT molecular complexity index is 623. The fourth-order valence-corrected chi connectivity index (χ4v) is 1.59. The number of methoxy groups -OCH3 is 1. The molecule has 0 fully saturated rings. The number of ether oxygens (including phenoxy) is 1. The second kappa shape index (κ2) is 5.50. The van der Waals surface area contributed by atoms with Gasteiger partial charge in [0.15, 0.2) is 0 Å². The Hall–Kier alpha value is -2.39. The quantitative estimate of drug-likeness (QED) is 0.854. The molecule has 0 amide bonds. The molecule has 19 heavy (non-hydrogen) atoms. The van der Waals surface area contributed by atoms with E-state index in [9.17, 15) is 0 Å². The monoisotopic (exact) mass is 275 g/mol. The number of nitrogens with zero attached hydrogens (tertiary/aromatic N) is 5. The van der Waals surface area contributed by atoms with Gasteiger partial charge in [0.1, 0.15) is 0 Å². The standard InChI is InChI=1S/C12H10ClN5O/c1-18(9-5-3-8(7-14)4-6-9)11-15-10(13)16-12(17-11)19-2/h3-6H,1-2H3. The van der Waals surface area contributed by atoms with Crippen molar-refractivity contribution in [3.05, 3.63) is 35.1 Å². The summed E-state index contributed by atoms with van der Waals surface area (Å²) in [6, 6.07) is 9.22. The molecule has 0 radical (unpaired) electrons. The van der Waals surface area contributed by atoms with Crippen LogP contribution in [-0.4, -0.2) is 29.1 Å². The van der Waals surface area contributed by atoms with Crippen molar-refractivity contribution < 1.29 is 4.74 Å². The van der Waals surface area contributed by atoms with Crippen molar-refractivity contribution in [3.63, 3.8) is 0 Å². The van der Waals surface area contributed by atoms with E-state index in [1.54, 1.807) is 36.2 Å². The van der Waals surface area contributed by atoms with Gasteiger partial charge in [-0.15, -0.1) is 0 Å². The van der Waals surface area contributed by atoms with Crippen LogP contribution in [0.1, 0.15) is 5.56 Å². The molecule has 0 saturated carbocycles. The van der Waals surface area contributed by atoms with Crippen molar-refractivity contribution >= 4 is 23.2 Å². The lowest BCUT2D eigenvalue weighted by Crippen LogP contribution is -2.14. The third kappa shape index (κ3) is 2.89. The molecule has 7 heteroatoms. The molecule has 0 unspecified atom stereocenters. The lowest BCUT2D eigenvalue weighted by molar-refractivity contribution is 0.378. The molecule has 2 rings (SSSR count). The maximum Gasteiger partial charge on any atom is 0.322 e. The van der Waals surface area contributed by atoms with E-state index in [0.29, 0.717) is 11.5 Å². The topological polar surface area (TPSA) is 74.9 Å². The van der Waals surface area contributed by atoms with Crippen LogP contribution in [-0.2, 0) is 0 Å². The molecule has 96 valence electrons. The number of aromatic nitrogens is 3. The zero-order valence-corrected chi connectivity index (χ0v) is 11.1. The highest BCUT2D eigenvalue weighted by Gasteiger charge is 2.11. The molecule has 1 aromatic carbocycles. The Morgan fingerprint density at radius 3 is 2.47 bits per heavy atom. The van der Waals surface area contributed by atoms with Crippen LogP contribution < -0.4 is 9.64 Å². The molecule has 0 N–H and O–H groups in total. The lowest BCUT2D eigenvalue weighted by atomic mass is 10.2. The summed E-state index contributed by atoms with van der Waals surface area (Å²) >= 11 is 5.80. The van der Waals surface area contributed by atoms with Gasteiger partial charge >= 0.3 is 6.01 Å². The maximum absolute atomic E-state index is 8.76. The molecular weight excluding hydrogens is 266 g/mol. The zero-order chi connectivity index (χ0) is 13.8. The van der Waals surface area contributed by atoms with Gasteiger partial charge in [-0.05, 0) is 35.9 Å². The second-order valence-corrected chi connectivity index (χ2v) is 3.95. The fraction of sp³-hybridized carbons (Fsp3) is 0.167. The van der Waals surface area contributed by atoms with E-state index in [-0.39, 0.29) is 11.3 Å². The molecule has 2 aromatic rings. The van der Waals surface area contributed by atoms with E-state index in [4.69, 9.17) is 21.6 Å². The predicted octanol–water partition coefficient (Wildman–Crippen LogP) is 2.17. The highest BCUT2D eigenvalue weighted by atomic mass is 35.5. The van der Waals surface area contributed by atoms with Crippen LogP contribution in [0.2, 0.25) is 5.28 Å². The Labute approximate surface area is 115 Å². The highest BCUT2D eigenvalue weighted by Crippen LogP contribution is 2.22. The minimum atomic E-state index is 0.0577. The van der Waals surface area contributed by atoms with Crippen LogP contribution in [0.25, 0.3) is 0 Å². The maximum atomic E-state index is 8.76. The van der Waals surface area contributed by atoms with Crippen LogP contribution in [0.15, 0.2) is 24.3 Å². The summed E-state index contributed by atoms with van der Waals surface area (Å²) in [6.07, 6.45) is 0. The molecule has 0 aliphatic carbocycles. The van der Waals surface area contributed by atoms with E-state index in [1.807, 2.05) is 0 Å².